The van der Waals surface area contributed by atoms with Gasteiger partial charge in [-0.2, -0.15) is 11.8 Å². The van der Waals surface area contributed by atoms with E-state index in [1.54, 1.807) is 0 Å². The van der Waals surface area contributed by atoms with Crippen molar-refractivity contribution >= 4 is 17.7 Å². The van der Waals surface area contributed by atoms with E-state index in [0.29, 0.717) is 12.3 Å². The van der Waals surface area contributed by atoms with Crippen molar-refractivity contribution in [1.29, 1.82) is 0 Å². The summed E-state index contributed by atoms with van der Waals surface area (Å²) in [6, 6.07) is 5.66. The second-order valence-corrected chi connectivity index (χ2v) is 6.63. The van der Waals surface area contributed by atoms with Crippen molar-refractivity contribution in [2.24, 2.45) is 0 Å². The van der Waals surface area contributed by atoms with Gasteiger partial charge >= 0.3 is 0 Å². The van der Waals surface area contributed by atoms with Crippen LogP contribution in [0.15, 0.2) is 24.3 Å². The van der Waals surface area contributed by atoms with E-state index in [0.717, 1.165) is 11.0 Å². The molecule has 1 amide bonds. The Morgan fingerprint density at radius 1 is 1.24 bits per heavy atom. The Morgan fingerprint density at radius 2 is 1.95 bits per heavy atom. The van der Waals surface area contributed by atoms with Gasteiger partial charge in [0.1, 0.15) is 11.6 Å². The molecule has 0 heterocycles. The highest BCUT2D eigenvalue weighted by Gasteiger charge is 2.13. The van der Waals surface area contributed by atoms with E-state index in [2.05, 4.69) is 5.32 Å². The summed E-state index contributed by atoms with van der Waals surface area (Å²) in [5, 5.41) is 3.61. The highest BCUT2D eigenvalue weighted by molar-refractivity contribution is 7.99. The second kappa shape index (κ2) is 8.93. The molecular formula is C16H22FNO2S. The zero-order chi connectivity index (χ0) is 14.9. The van der Waals surface area contributed by atoms with Gasteiger partial charge in [-0.3, -0.25) is 4.79 Å². The van der Waals surface area contributed by atoms with Crippen LogP contribution in [-0.2, 0) is 4.79 Å². The molecule has 5 heteroatoms. The third-order valence-corrected chi connectivity index (χ3v) is 4.90. The summed E-state index contributed by atoms with van der Waals surface area (Å²) >= 11 is 1.96. The number of benzene rings is 1. The average molecular weight is 311 g/mol. The first-order valence-electron chi connectivity index (χ1n) is 7.51. The molecule has 3 nitrogen and oxygen atoms in total. The number of thioether (sulfide) groups is 1. The Labute approximate surface area is 129 Å². The highest BCUT2D eigenvalue weighted by atomic mass is 32.2. The van der Waals surface area contributed by atoms with Crippen LogP contribution in [-0.4, -0.2) is 30.1 Å². The molecule has 0 bridgehead atoms. The average Bonchev–Trinajstić information content (AvgIpc) is 2.52. The lowest BCUT2D eigenvalue weighted by Crippen LogP contribution is -2.31. The van der Waals surface area contributed by atoms with Crippen LogP contribution in [0.5, 0.6) is 5.75 Å². The quantitative estimate of drug-likeness (QED) is 0.785. The van der Waals surface area contributed by atoms with Crippen LogP contribution in [0.2, 0.25) is 0 Å². The zero-order valence-corrected chi connectivity index (χ0v) is 13.0. The topological polar surface area (TPSA) is 38.3 Å². The Morgan fingerprint density at radius 3 is 2.67 bits per heavy atom. The number of hydrogen-bond donors (Lipinski definition) is 1. The Bertz CT molecular complexity index is 432. The van der Waals surface area contributed by atoms with Crippen molar-refractivity contribution in [2.45, 2.75) is 37.4 Å². The predicted molar refractivity (Wildman–Crippen MR) is 84.2 cm³/mol. The number of carbonyl (C=O) groups excluding carboxylic acids is 1. The van der Waals surface area contributed by atoms with Crippen molar-refractivity contribution in [3.05, 3.63) is 30.1 Å². The van der Waals surface area contributed by atoms with Crippen molar-refractivity contribution in [3.63, 3.8) is 0 Å². The molecule has 0 aromatic heterocycles. The van der Waals surface area contributed by atoms with Crippen molar-refractivity contribution in [2.75, 3.05) is 18.9 Å². The van der Waals surface area contributed by atoms with E-state index in [9.17, 15) is 9.18 Å². The summed E-state index contributed by atoms with van der Waals surface area (Å²) in [6.45, 7) is 0.645. The normalized spacial score (nSPS) is 15.7. The fourth-order valence-electron chi connectivity index (χ4n) is 2.38. The zero-order valence-electron chi connectivity index (χ0n) is 12.1. The minimum atomic E-state index is -0.313. The van der Waals surface area contributed by atoms with Gasteiger partial charge in [0.25, 0.3) is 5.91 Å². The maximum atomic E-state index is 12.7. The Hall–Kier alpha value is -1.23. The second-order valence-electron chi connectivity index (χ2n) is 5.22. The lowest BCUT2D eigenvalue weighted by Gasteiger charge is -2.20. The maximum Gasteiger partial charge on any atom is 0.257 e. The van der Waals surface area contributed by atoms with Crippen molar-refractivity contribution in [3.8, 4) is 5.75 Å². The molecule has 1 aliphatic rings. The van der Waals surface area contributed by atoms with E-state index >= 15 is 0 Å². The maximum absolute atomic E-state index is 12.7. The van der Waals surface area contributed by atoms with Gasteiger partial charge in [0.2, 0.25) is 0 Å². The first-order chi connectivity index (χ1) is 10.2. The molecule has 1 aliphatic carbocycles. The molecule has 0 saturated heterocycles. The van der Waals surface area contributed by atoms with E-state index in [-0.39, 0.29) is 18.3 Å². The molecule has 0 atom stereocenters. The number of rotatable bonds is 7. The summed E-state index contributed by atoms with van der Waals surface area (Å²) in [4.78, 5) is 11.6. The van der Waals surface area contributed by atoms with Crippen LogP contribution in [0.1, 0.15) is 32.1 Å². The number of carbonyl (C=O) groups is 1. The third kappa shape index (κ3) is 6.38. The fraction of sp³-hybridized carbons (Fsp3) is 0.562. The highest BCUT2D eigenvalue weighted by Crippen LogP contribution is 2.27. The molecule has 0 radical (unpaired) electrons. The molecule has 1 aromatic rings. The minimum absolute atomic E-state index is 0.0280. The van der Waals surface area contributed by atoms with Gasteiger partial charge in [-0.25, -0.2) is 4.39 Å². The van der Waals surface area contributed by atoms with Crippen LogP contribution in [0.25, 0.3) is 0 Å². The van der Waals surface area contributed by atoms with Gasteiger partial charge < -0.3 is 10.1 Å². The molecule has 1 N–H and O–H groups in total. The first-order valence-corrected chi connectivity index (χ1v) is 8.55. The minimum Gasteiger partial charge on any atom is -0.484 e. The van der Waals surface area contributed by atoms with Crippen LogP contribution in [0, 0.1) is 5.82 Å². The lowest BCUT2D eigenvalue weighted by atomic mass is 10.0. The van der Waals surface area contributed by atoms with Gasteiger partial charge in [-0.1, -0.05) is 19.3 Å². The predicted octanol–water partition coefficient (Wildman–Crippen LogP) is 3.39. The molecule has 21 heavy (non-hydrogen) atoms. The van der Waals surface area contributed by atoms with Crippen LogP contribution in [0.3, 0.4) is 0 Å². The summed E-state index contributed by atoms with van der Waals surface area (Å²) < 4.78 is 18.0. The summed E-state index contributed by atoms with van der Waals surface area (Å²) in [6.07, 6.45) is 6.68. The molecule has 116 valence electrons. The molecule has 1 saturated carbocycles. The van der Waals surface area contributed by atoms with Gasteiger partial charge in [0.05, 0.1) is 0 Å². The Kier molecular flexibility index (Phi) is 6.86. The van der Waals surface area contributed by atoms with E-state index in [1.807, 2.05) is 11.8 Å². The summed E-state index contributed by atoms with van der Waals surface area (Å²) in [5.74, 6) is 1.01. The number of ether oxygens (including phenoxy) is 1. The van der Waals surface area contributed by atoms with Crippen LogP contribution < -0.4 is 10.1 Å². The molecule has 2 rings (SSSR count). The summed E-state index contributed by atoms with van der Waals surface area (Å²) in [5.41, 5.74) is 0. The number of nitrogens with one attached hydrogen (secondary N) is 1. The van der Waals surface area contributed by atoms with Crippen LogP contribution >= 0.6 is 11.8 Å². The van der Waals surface area contributed by atoms with Gasteiger partial charge in [0, 0.05) is 17.5 Å². The van der Waals surface area contributed by atoms with E-state index in [1.165, 1.54) is 56.4 Å². The molecule has 0 spiro atoms. The molecule has 0 unspecified atom stereocenters. The molecule has 1 fully saturated rings. The monoisotopic (exact) mass is 311 g/mol. The fourth-order valence-corrected chi connectivity index (χ4v) is 3.60. The smallest absolute Gasteiger partial charge is 0.257 e. The number of amides is 1. The molecular weight excluding hydrogens is 289 g/mol. The lowest BCUT2D eigenvalue weighted by molar-refractivity contribution is -0.122. The van der Waals surface area contributed by atoms with Gasteiger partial charge in [-0.05, 0) is 37.1 Å². The van der Waals surface area contributed by atoms with Gasteiger partial charge in [0.15, 0.2) is 6.61 Å². The summed E-state index contributed by atoms with van der Waals surface area (Å²) in [7, 11) is 0. The van der Waals surface area contributed by atoms with Gasteiger partial charge in [-0.15, -0.1) is 0 Å². The van der Waals surface area contributed by atoms with E-state index < -0.39 is 0 Å². The Balaban J connectivity index is 1.54. The number of hydrogen-bond acceptors (Lipinski definition) is 3. The molecule has 1 aromatic carbocycles. The van der Waals surface area contributed by atoms with Crippen molar-refractivity contribution < 1.29 is 13.9 Å². The standard InChI is InChI=1S/C16H22FNO2S/c17-13-6-8-14(9-7-13)20-12-16(19)18-10-11-21-15-4-2-1-3-5-15/h6-9,15H,1-5,10-12H2,(H,18,19). The van der Waals surface area contributed by atoms with Crippen LogP contribution in [0.4, 0.5) is 4.39 Å². The molecule has 0 aliphatic heterocycles. The third-order valence-electron chi connectivity index (χ3n) is 3.51. The van der Waals surface area contributed by atoms with Crippen molar-refractivity contribution in [1.82, 2.24) is 5.32 Å². The largest absolute Gasteiger partial charge is 0.484 e. The SMILES string of the molecule is O=C(COc1ccc(F)cc1)NCCSC1CCCCC1. The van der Waals surface area contributed by atoms with E-state index in [4.69, 9.17) is 4.74 Å². The number of halogens is 1. The first kappa shape index (κ1) is 16.1.